The van der Waals surface area contributed by atoms with Gasteiger partial charge in [0, 0.05) is 11.6 Å². The molecular formula is C15H13NO3. The predicted octanol–water partition coefficient (Wildman–Crippen LogP) is 3.34. The quantitative estimate of drug-likeness (QED) is 0.622. The van der Waals surface area contributed by atoms with Gasteiger partial charge in [-0.1, -0.05) is 12.1 Å². The van der Waals surface area contributed by atoms with Gasteiger partial charge in [0.2, 0.25) is 6.08 Å². The molecule has 2 rings (SSSR count). The molecule has 4 heteroatoms. The molecule has 96 valence electrons. The molecule has 0 saturated heterocycles. The highest BCUT2D eigenvalue weighted by Gasteiger charge is 2.07. The highest BCUT2D eigenvalue weighted by atomic mass is 16.5. The molecule has 19 heavy (non-hydrogen) atoms. The number of ether oxygens (including phenoxy) is 2. The number of benzene rings is 2. The van der Waals surface area contributed by atoms with Crippen LogP contribution < -0.4 is 9.47 Å². The summed E-state index contributed by atoms with van der Waals surface area (Å²) in [5.41, 5.74) is 2.50. The van der Waals surface area contributed by atoms with Crippen LogP contribution in [0.15, 0.2) is 47.5 Å². The Morgan fingerprint density at radius 3 is 2.32 bits per heavy atom. The predicted molar refractivity (Wildman–Crippen MR) is 72.8 cm³/mol. The molecule has 0 fully saturated rings. The van der Waals surface area contributed by atoms with Gasteiger partial charge >= 0.3 is 0 Å². The van der Waals surface area contributed by atoms with Crippen LogP contribution >= 0.6 is 0 Å². The Balaban J connectivity index is 2.43. The second-order valence-corrected chi connectivity index (χ2v) is 3.82. The van der Waals surface area contributed by atoms with E-state index in [1.165, 1.54) is 6.08 Å². The van der Waals surface area contributed by atoms with Gasteiger partial charge in [0.05, 0.1) is 19.9 Å². The topological polar surface area (TPSA) is 47.9 Å². The van der Waals surface area contributed by atoms with Gasteiger partial charge in [-0.25, -0.2) is 4.79 Å². The van der Waals surface area contributed by atoms with E-state index in [1.807, 2.05) is 30.3 Å². The van der Waals surface area contributed by atoms with Crippen molar-refractivity contribution in [1.29, 1.82) is 0 Å². The molecule has 0 aliphatic rings. The Morgan fingerprint density at radius 1 is 1.00 bits per heavy atom. The Bertz CT molecular complexity index is 614. The van der Waals surface area contributed by atoms with Crippen LogP contribution in [0.2, 0.25) is 0 Å². The second kappa shape index (κ2) is 5.85. The van der Waals surface area contributed by atoms with E-state index in [-0.39, 0.29) is 0 Å². The number of nitrogens with zero attached hydrogens (tertiary/aromatic N) is 1. The molecule has 0 N–H and O–H groups in total. The van der Waals surface area contributed by atoms with Crippen LogP contribution in [0.3, 0.4) is 0 Å². The second-order valence-electron chi connectivity index (χ2n) is 3.82. The Kier molecular flexibility index (Phi) is 3.96. The maximum Gasteiger partial charge on any atom is 0.240 e. The Morgan fingerprint density at radius 2 is 1.74 bits per heavy atom. The van der Waals surface area contributed by atoms with Crippen molar-refractivity contribution in [3.05, 3.63) is 42.5 Å². The average Bonchev–Trinajstić information content (AvgIpc) is 2.48. The number of methoxy groups -OCH3 is 2. The SMILES string of the molecule is COc1ccc(-c2ccc(N=C=O)cc2)c(OC)c1. The summed E-state index contributed by atoms with van der Waals surface area (Å²) in [4.78, 5) is 13.7. The molecule has 2 aromatic rings. The van der Waals surface area contributed by atoms with E-state index in [1.54, 1.807) is 26.4 Å². The summed E-state index contributed by atoms with van der Waals surface area (Å²) in [6.07, 6.45) is 1.51. The average molecular weight is 255 g/mol. The normalized spacial score (nSPS) is 9.58. The lowest BCUT2D eigenvalue weighted by Gasteiger charge is -2.10. The first-order valence-electron chi connectivity index (χ1n) is 5.69. The van der Waals surface area contributed by atoms with Crippen molar-refractivity contribution in [3.8, 4) is 22.6 Å². The number of isocyanates is 1. The first-order valence-corrected chi connectivity index (χ1v) is 5.69. The van der Waals surface area contributed by atoms with Crippen LogP contribution in [0, 0.1) is 0 Å². The van der Waals surface area contributed by atoms with Gasteiger partial charge in [0.1, 0.15) is 11.5 Å². The standard InChI is InChI=1S/C15H13NO3/c1-18-13-7-8-14(15(9-13)19-2)11-3-5-12(6-4-11)16-10-17/h3-9H,1-2H3. The Labute approximate surface area is 111 Å². The third kappa shape index (κ3) is 2.81. The van der Waals surface area contributed by atoms with Crippen molar-refractivity contribution in [2.75, 3.05) is 14.2 Å². The van der Waals surface area contributed by atoms with Gasteiger partial charge in [0.25, 0.3) is 0 Å². The highest BCUT2D eigenvalue weighted by Crippen LogP contribution is 2.33. The molecule has 2 aromatic carbocycles. The lowest BCUT2D eigenvalue weighted by Crippen LogP contribution is -1.90. The molecule has 0 aliphatic carbocycles. The molecule has 0 atom stereocenters. The molecule has 0 aromatic heterocycles. The van der Waals surface area contributed by atoms with Crippen LogP contribution in [0.1, 0.15) is 0 Å². The summed E-state index contributed by atoms with van der Waals surface area (Å²) >= 11 is 0. The minimum absolute atomic E-state index is 0.575. The molecular weight excluding hydrogens is 242 g/mol. The lowest BCUT2D eigenvalue weighted by atomic mass is 10.0. The monoisotopic (exact) mass is 255 g/mol. The fraction of sp³-hybridized carbons (Fsp3) is 0.133. The maximum absolute atomic E-state index is 10.2. The fourth-order valence-electron chi connectivity index (χ4n) is 1.81. The minimum Gasteiger partial charge on any atom is -0.497 e. The number of hydrogen-bond donors (Lipinski definition) is 0. The van der Waals surface area contributed by atoms with Gasteiger partial charge < -0.3 is 9.47 Å². The molecule has 0 aliphatic heterocycles. The van der Waals surface area contributed by atoms with E-state index in [0.29, 0.717) is 5.69 Å². The first kappa shape index (κ1) is 12.9. The first-order chi connectivity index (χ1) is 9.28. The van der Waals surface area contributed by atoms with Crippen molar-refractivity contribution in [1.82, 2.24) is 0 Å². The van der Waals surface area contributed by atoms with Crippen LogP contribution in [-0.4, -0.2) is 20.3 Å². The fourth-order valence-corrected chi connectivity index (χ4v) is 1.81. The molecule has 0 radical (unpaired) electrons. The summed E-state index contributed by atoms with van der Waals surface area (Å²) in [5.74, 6) is 1.47. The zero-order chi connectivity index (χ0) is 13.7. The van der Waals surface area contributed by atoms with Crippen LogP contribution in [0.25, 0.3) is 11.1 Å². The summed E-state index contributed by atoms with van der Waals surface area (Å²) in [7, 11) is 3.23. The van der Waals surface area contributed by atoms with E-state index < -0.39 is 0 Å². The number of hydrogen-bond acceptors (Lipinski definition) is 4. The minimum atomic E-state index is 0.575. The molecule has 0 bridgehead atoms. The van der Waals surface area contributed by atoms with Gasteiger partial charge in [-0.2, -0.15) is 4.99 Å². The zero-order valence-corrected chi connectivity index (χ0v) is 10.7. The smallest absolute Gasteiger partial charge is 0.240 e. The number of aliphatic imine (C=N–C) groups is 1. The molecule has 4 nitrogen and oxygen atoms in total. The van der Waals surface area contributed by atoms with Crippen molar-refractivity contribution >= 4 is 11.8 Å². The summed E-state index contributed by atoms with van der Waals surface area (Å²) in [6.45, 7) is 0. The molecule has 0 unspecified atom stereocenters. The van der Waals surface area contributed by atoms with Gasteiger partial charge in [-0.05, 0) is 29.8 Å². The van der Waals surface area contributed by atoms with Crippen LogP contribution in [0.4, 0.5) is 5.69 Å². The van der Waals surface area contributed by atoms with Crippen LogP contribution in [-0.2, 0) is 4.79 Å². The van der Waals surface area contributed by atoms with E-state index >= 15 is 0 Å². The van der Waals surface area contributed by atoms with Gasteiger partial charge in [-0.15, -0.1) is 0 Å². The van der Waals surface area contributed by atoms with E-state index in [9.17, 15) is 4.79 Å². The van der Waals surface area contributed by atoms with Crippen molar-refractivity contribution in [2.45, 2.75) is 0 Å². The largest absolute Gasteiger partial charge is 0.497 e. The lowest BCUT2D eigenvalue weighted by molar-refractivity contribution is 0.395. The van der Waals surface area contributed by atoms with Crippen molar-refractivity contribution < 1.29 is 14.3 Å². The molecule has 0 amide bonds. The number of rotatable bonds is 4. The van der Waals surface area contributed by atoms with Crippen molar-refractivity contribution in [3.63, 3.8) is 0 Å². The third-order valence-corrected chi connectivity index (χ3v) is 2.76. The maximum atomic E-state index is 10.2. The van der Waals surface area contributed by atoms with E-state index in [0.717, 1.165) is 22.6 Å². The van der Waals surface area contributed by atoms with E-state index in [4.69, 9.17) is 9.47 Å². The third-order valence-electron chi connectivity index (χ3n) is 2.76. The van der Waals surface area contributed by atoms with Crippen LogP contribution in [0.5, 0.6) is 11.5 Å². The molecule has 0 heterocycles. The van der Waals surface area contributed by atoms with Crippen molar-refractivity contribution in [2.24, 2.45) is 4.99 Å². The summed E-state index contributed by atoms with van der Waals surface area (Å²) in [6, 6.07) is 12.9. The number of carbonyl (C=O) groups excluding carboxylic acids is 1. The van der Waals surface area contributed by atoms with E-state index in [2.05, 4.69) is 4.99 Å². The van der Waals surface area contributed by atoms with Gasteiger partial charge in [-0.3, -0.25) is 0 Å². The Hall–Kier alpha value is -2.58. The van der Waals surface area contributed by atoms with Gasteiger partial charge in [0.15, 0.2) is 0 Å². The zero-order valence-electron chi connectivity index (χ0n) is 10.7. The molecule has 0 spiro atoms. The highest BCUT2D eigenvalue weighted by molar-refractivity contribution is 5.72. The summed E-state index contributed by atoms with van der Waals surface area (Å²) < 4.78 is 10.5. The summed E-state index contributed by atoms with van der Waals surface area (Å²) in [5, 5.41) is 0. The molecule has 0 saturated carbocycles.